The van der Waals surface area contributed by atoms with Crippen LogP contribution in [0.1, 0.15) is 24.5 Å². The van der Waals surface area contributed by atoms with Gasteiger partial charge in [-0.05, 0) is 25.8 Å². The number of carbonyl (C=O) groups excluding carboxylic acids is 1. The molecule has 1 aromatic rings. The Morgan fingerprint density at radius 3 is 2.71 bits per heavy atom. The fourth-order valence-electron chi connectivity index (χ4n) is 3.42. The predicted molar refractivity (Wildman–Crippen MR) is 84.0 cm³/mol. The Kier molecular flexibility index (Phi) is 4.27. The van der Waals surface area contributed by atoms with Gasteiger partial charge in [0.05, 0.1) is 6.04 Å². The van der Waals surface area contributed by atoms with E-state index < -0.39 is 0 Å². The first-order valence-corrected chi connectivity index (χ1v) is 7.96. The molecule has 4 heteroatoms. The zero-order chi connectivity index (χ0) is 14.8. The van der Waals surface area contributed by atoms with Crippen molar-refractivity contribution in [3.63, 3.8) is 0 Å². The van der Waals surface area contributed by atoms with Crippen LogP contribution >= 0.6 is 0 Å². The molecule has 0 bridgehead atoms. The molecule has 114 valence electrons. The molecule has 2 aliphatic rings. The summed E-state index contributed by atoms with van der Waals surface area (Å²) in [6, 6.07) is 9.03. The van der Waals surface area contributed by atoms with Gasteiger partial charge in [-0.2, -0.15) is 0 Å². The summed E-state index contributed by atoms with van der Waals surface area (Å²) >= 11 is 0. The Balaban J connectivity index is 1.64. The Morgan fingerprint density at radius 2 is 2.00 bits per heavy atom. The third-order valence-electron chi connectivity index (χ3n) is 4.72. The smallest absolute Gasteiger partial charge is 0.240 e. The fraction of sp³-hybridized carbons (Fsp3) is 0.588. The molecule has 1 N–H and O–H groups in total. The highest BCUT2D eigenvalue weighted by Crippen LogP contribution is 2.22. The van der Waals surface area contributed by atoms with Crippen molar-refractivity contribution in [1.82, 2.24) is 15.1 Å². The topological polar surface area (TPSA) is 35.6 Å². The van der Waals surface area contributed by atoms with Crippen molar-refractivity contribution in [1.29, 1.82) is 0 Å². The minimum atomic E-state index is 0.0903. The molecule has 0 saturated carbocycles. The third kappa shape index (κ3) is 3.11. The van der Waals surface area contributed by atoms with Gasteiger partial charge in [0.2, 0.25) is 5.91 Å². The molecule has 2 saturated heterocycles. The molecule has 0 radical (unpaired) electrons. The Labute approximate surface area is 127 Å². The first-order valence-electron chi connectivity index (χ1n) is 7.96. The lowest BCUT2D eigenvalue weighted by molar-refractivity contribution is -0.133. The molecular weight excluding hydrogens is 262 g/mol. The van der Waals surface area contributed by atoms with E-state index in [9.17, 15) is 4.79 Å². The lowest BCUT2D eigenvalue weighted by Gasteiger charge is -2.37. The maximum atomic E-state index is 12.7. The molecule has 1 aromatic carbocycles. The van der Waals surface area contributed by atoms with E-state index in [4.69, 9.17) is 0 Å². The van der Waals surface area contributed by atoms with Gasteiger partial charge < -0.3 is 10.2 Å². The molecule has 0 aliphatic carbocycles. The van der Waals surface area contributed by atoms with Crippen LogP contribution in [0, 0.1) is 6.92 Å². The monoisotopic (exact) mass is 287 g/mol. The van der Waals surface area contributed by atoms with Gasteiger partial charge in [-0.3, -0.25) is 9.69 Å². The standard InChI is InChI=1S/C17H25N3O/c1-13-3-5-15(6-4-13)12-19-9-7-16(17(19)21)20-10-8-18-11-14(20)2/h3-6,14,16,18H,7-12H2,1-2H3. The van der Waals surface area contributed by atoms with E-state index >= 15 is 0 Å². The number of carbonyl (C=O) groups is 1. The quantitative estimate of drug-likeness (QED) is 0.912. The van der Waals surface area contributed by atoms with Crippen LogP contribution in [0.4, 0.5) is 0 Å². The second-order valence-corrected chi connectivity index (χ2v) is 6.34. The number of nitrogens with one attached hydrogen (secondary N) is 1. The fourth-order valence-corrected chi connectivity index (χ4v) is 3.42. The summed E-state index contributed by atoms with van der Waals surface area (Å²) < 4.78 is 0. The third-order valence-corrected chi connectivity index (χ3v) is 4.72. The normalized spacial score (nSPS) is 27.3. The minimum absolute atomic E-state index is 0.0903. The van der Waals surface area contributed by atoms with Crippen molar-refractivity contribution in [2.24, 2.45) is 0 Å². The molecule has 0 aromatic heterocycles. The molecule has 3 rings (SSSR count). The first kappa shape index (κ1) is 14.5. The van der Waals surface area contributed by atoms with Crippen molar-refractivity contribution in [2.75, 3.05) is 26.2 Å². The number of hydrogen-bond acceptors (Lipinski definition) is 3. The molecule has 4 nitrogen and oxygen atoms in total. The van der Waals surface area contributed by atoms with Crippen LogP contribution in [-0.2, 0) is 11.3 Å². The highest BCUT2D eigenvalue weighted by molar-refractivity contribution is 5.84. The molecule has 2 atom stereocenters. The number of hydrogen-bond donors (Lipinski definition) is 1. The number of piperazine rings is 1. The molecule has 2 heterocycles. The lowest BCUT2D eigenvalue weighted by atomic mass is 10.1. The number of benzene rings is 1. The zero-order valence-corrected chi connectivity index (χ0v) is 13.0. The van der Waals surface area contributed by atoms with E-state index in [1.54, 1.807) is 0 Å². The largest absolute Gasteiger partial charge is 0.337 e. The number of rotatable bonds is 3. The summed E-state index contributed by atoms with van der Waals surface area (Å²) in [7, 11) is 0. The second kappa shape index (κ2) is 6.16. The van der Waals surface area contributed by atoms with E-state index in [0.29, 0.717) is 11.9 Å². The van der Waals surface area contributed by atoms with E-state index in [1.807, 2.05) is 4.90 Å². The van der Waals surface area contributed by atoms with Crippen molar-refractivity contribution in [2.45, 2.75) is 38.9 Å². The van der Waals surface area contributed by atoms with Gasteiger partial charge in [0, 0.05) is 38.8 Å². The van der Waals surface area contributed by atoms with Crippen LogP contribution in [0.3, 0.4) is 0 Å². The minimum Gasteiger partial charge on any atom is -0.337 e. The summed E-state index contributed by atoms with van der Waals surface area (Å²) in [5.41, 5.74) is 2.49. The van der Waals surface area contributed by atoms with Crippen LogP contribution in [-0.4, -0.2) is 54.0 Å². The van der Waals surface area contributed by atoms with Crippen LogP contribution in [0.15, 0.2) is 24.3 Å². The van der Waals surface area contributed by atoms with E-state index in [2.05, 4.69) is 48.3 Å². The molecular formula is C17H25N3O. The number of amides is 1. The van der Waals surface area contributed by atoms with Crippen molar-refractivity contribution < 1.29 is 4.79 Å². The van der Waals surface area contributed by atoms with Gasteiger partial charge in [-0.25, -0.2) is 0 Å². The Morgan fingerprint density at radius 1 is 1.24 bits per heavy atom. The maximum absolute atomic E-state index is 12.7. The van der Waals surface area contributed by atoms with E-state index in [-0.39, 0.29) is 6.04 Å². The van der Waals surface area contributed by atoms with Crippen LogP contribution in [0.25, 0.3) is 0 Å². The summed E-state index contributed by atoms with van der Waals surface area (Å²) in [6.45, 7) is 8.89. The first-order chi connectivity index (χ1) is 10.1. The van der Waals surface area contributed by atoms with Crippen molar-refractivity contribution in [3.8, 4) is 0 Å². The van der Waals surface area contributed by atoms with Gasteiger partial charge in [-0.1, -0.05) is 29.8 Å². The SMILES string of the molecule is Cc1ccc(CN2CCC(N3CCNCC3C)C2=O)cc1. The van der Waals surface area contributed by atoms with Crippen LogP contribution in [0.5, 0.6) is 0 Å². The average molecular weight is 287 g/mol. The molecule has 21 heavy (non-hydrogen) atoms. The van der Waals surface area contributed by atoms with Gasteiger partial charge in [-0.15, -0.1) is 0 Å². The Bertz CT molecular complexity index is 499. The summed E-state index contributed by atoms with van der Waals surface area (Å²) in [6.07, 6.45) is 0.967. The summed E-state index contributed by atoms with van der Waals surface area (Å²) in [5, 5.41) is 3.39. The summed E-state index contributed by atoms with van der Waals surface area (Å²) in [4.78, 5) is 17.1. The van der Waals surface area contributed by atoms with Crippen molar-refractivity contribution in [3.05, 3.63) is 35.4 Å². The predicted octanol–water partition coefficient (Wildman–Crippen LogP) is 1.39. The molecule has 2 unspecified atom stereocenters. The van der Waals surface area contributed by atoms with Crippen LogP contribution in [0.2, 0.25) is 0 Å². The summed E-state index contributed by atoms with van der Waals surface area (Å²) in [5.74, 6) is 0.310. The number of nitrogens with zero attached hydrogens (tertiary/aromatic N) is 2. The lowest BCUT2D eigenvalue weighted by Crippen LogP contribution is -2.55. The number of likely N-dealkylation sites (tertiary alicyclic amines) is 1. The average Bonchev–Trinajstić information content (AvgIpc) is 2.83. The van der Waals surface area contributed by atoms with Crippen LogP contribution < -0.4 is 5.32 Å². The second-order valence-electron chi connectivity index (χ2n) is 6.34. The Hall–Kier alpha value is -1.39. The maximum Gasteiger partial charge on any atom is 0.240 e. The van der Waals surface area contributed by atoms with Gasteiger partial charge in [0.15, 0.2) is 0 Å². The van der Waals surface area contributed by atoms with Crippen molar-refractivity contribution >= 4 is 5.91 Å². The zero-order valence-electron chi connectivity index (χ0n) is 13.0. The van der Waals surface area contributed by atoms with Gasteiger partial charge >= 0.3 is 0 Å². The molecule has 1 amide bonds. The molecule has 2 fully saturated rings. The molecule has 2 aliphatic heterocycles. The van der Waals surface area contributed by atoms with E-state index in [0.717, 1.165) is 39.1 Å². The highest BCUT2D eigenvalue weighted by atomic mass is 16.2. The van der Waals surface area contributed by atoms with E-state index in [1.165, 1.54) is 11.1 Å². The number of aryl methyl sites for hydroxylation is 1. The highest BCUT2D eigenvalue weighted by Gasteiger charge is 2.38. The molecule has 0 spiro atoms. The van der Waals surface area contributed by atoms with Gasteiger partial charge in [0.1, 0.15) is 0 Å². The van der Waals surface area contributed by atoms with Gasteiger partial charge in [0.25, 0.3) is 0 Å².